The van der Waals surface area contributed by atoms with Gasteiger partial charge < -0.3 is 0 Å². The molecule has 2 heteroatoms. The van der Waals surface area contributed by atoms with Gasteiger partial charge in [-0.1, -0.05) is 190 Å². The second-order valence-electron chi connectivity index (χ2n) is 16.8. The maximum atomic E-state index is 4.26. The number of hydrogen-bond donors (Lipinski definition) is 0. The van der Waals surface area contributed by atoms with Gasteiger partial charge in [0.2, 0.25) is 0 Å². The third-order valence-electron chi connectivity index (χ3n) is 13.5. The van der Waals surface area contributed by atoms with E-state index in [0.717, 1.165) is 46.1 Å². The molecule has 0 fully saturated rings. The molecule has 0 aromatic heterocycles. The van der Waals surface area contributed by atoms with Crippen molar-refractivity contribution in [1.29, 1.82) is 0 Å². The van der Waals surface area contributed by atoms with E-state index in [2.05, 4.69) is 145 Å². The summed E-state index contributed by atoms with van der Waals surface area (Å²) >= 11 is 0. The van der Waals surface area contributed by atoms with E-state index in [1.807, 2.05) is 0 Å². The quantitative estimate of drug-likeness (QED) is 0.181. The largest absolute Gasteiger partial charge is 0.0988 e. The van der Waals surface area contributed by atoms with E-state index in [4.69, 9.17) is 0 Å². The molecule has 0 aliphatic heterocycles. The van der Waals surface area contributed by atoms with Crippen LogP contribution in [0.25, 0.3) is 11.1 Å². The molecule has 0 unspecified atom stereocenters. The molecule has 0 heterocycles. The Kier molecular flexibility index (Phi) is 10.9. The van der Waals surface area contributed by atoms with Crippen molar-refractivity contribution < 1.29 is 0 Å². The van der Waals surface area contributed by atoms with Crippen LogP contribution < -0.4 is 0 Å². The molecule has 2 aromatic rings. The van der Waals surface area contributed by atoms with Crippen molar-refractivity contribution in [3.63, 3.8) is 0 Å². The summed E-state index contributed by atoms with van der Waals surface area (Å²) < 4.78 is 0. The molecule has 0 nitrogen and oxygen atoms in total. The van der Waals surface area contributed by atoms with E-state index in [1.54, 1.807) is 11.1 Å². The molecule has 2 aliphatic carbocycles. The van der Waals surface area contributed by atoms with Crippen LogP contribution in [-0.2, 0) is 18.3 Å². The Labute approximate surface area is 280 Å². The predicted molar refractivity (Wildman–Crippen MR) is 208 cm³/mol. The Balaban J connectivity index is 1.76. The van der Waals surface area contributed by atoms with Crippen LogP contribution in [0.4, 0.5) is 0 Å². The van der Waals surface area contributed by atoms with Gasteiger partial charge in [-0.05, 0) is 70.2 Å². The molecule has 4 rings (SSSR count). The van der Waals surface area contributed by atoms with E-state index in [0.29, 0.717) is 0 Å². The topological polar surface area (TPSA) is 0 Å². The van der Waals surface area contributed by atoms with Crippen LogP contribution in [0, 0.1) is 0 Å². The first-order chi connectivity index (χ1) is 21.1. The molecule has 0 amide bonds. The molecule has 246 valence electrons. The Morgan fingerprint density at radius 1 is 0.556 bits per heavy atom. The van der Waals surface area contributed by atoms with E-state index >= 15 is 0 Å². The fourth-order valence-electron chi connectivity index (χ4n) is 11.1. The van der Waals surface area contributed by atoms with Crippen molar-refractivity contribution in [3.05, 3.63) is 95.1 Å². The first kappa shape index (κ1) is 35.9. The van der Waals surface area contributed by atoms with Gasteiger partial charge in [0, 0.05) is 5.41 Å². The first-order valence-electron chi connectivity index (χ1n) is 18.4. The zero-order chi connectivity index (χ0) is 33.5. The Morgan fingerprint density at radius 3 is 1.13 bits per heavy atom. The van der Waals surface area contributed by atoms with Gasteiger partial charge in [-0.25, -0.2) is 0 Å². The van der Waals surface area contributed by atoms with Gasteiger partial charge in [0.25, 0.3) is 0 Å². The number of hydrogen-bond acceptors (Lipinski definition) is 0. The summed E-state index contributed by atoms with van der Waals surface area (Å²) in [5, 5.41) is 0. The monoisotopic (exact) mass is 638 g/mol. The Morgan fingerprint density at radius 2 is 0.867 bits per heavy atom. The molecule has 2 aliphatic rings. The SMILES string of the molecule is C=CC1=C(C=C)CC2(C1)c1cc(CC[Si](C(C)C)(C(C)C)C(C)C)ccc1-c1ccc(CC[Si](C(C)C)(C(C)C)C(C)C)cc12. The van der Waals surface area contributed by atoms with Crippen molar-refractivity contribution in [3.8, 4) is 11.1 Å². The highest BCUT2D eigenvalue weighted by atomic mass is 28.3. The summed E-state index contributed by atoms with van der Waals surface area (Å²) in [5.74, 6) is 0. The Bertz CT molecular complexity index is 1260. The molecule has 0 radical (unpaired) electrons. The van der Waals surface area contributed by atoms with Crippen molar-refractivity contribution in [2.45, 2.75) is 160 Å². The third-order valence-corrected chi connectivity index (χ3v) is 28.7. The summed E-state index contributed by atoms with van der Waals surface area (Å²) in [5.41, 5.74) is 16.7. The zero-order valence-corrected chi connectivity index (χ0v) is 33.2. The van der Waals surface area contributed by atoms with Crippen LogP contribution in [0.5, 0.6) is 0 Å². The smallest absolute Gasteiger partial charge is 0.0616 e. The van der Waals surface area contributed by atoms with Crippen LogP contribution in [0.1, 0.15) is 118 Å². The molecule has 2 aromatic carbocycles. The molecule has 0 atom stereocenters. The van der Waals surface area contributed by atoms with Crippen LogP contribution >= 0.6 is 0 Å². The van der Waals surface area contributed by atoms with Crippen molar-refractivity contribution >= 4 is 16.1 Å². The lowest BCUT2D eigenvalue weighted by Gasteiger charge is -2.43. The van der Waals surface area contributed by atoms with Gasteiger partial charge in [0.15, 0.2) is 0 Å². The molecular formula is C43H66Si2. The van der Waals surface area contributed by atoms with E-state index in [1.165, 1.54) is 58.3 Å². The lowest BCUT2D eigenvalue weighted by atomic mass is 9.74. The van der Waals surface area contributed by atoms with Crippen LogP contribution in [0.2, 0.25) is 45.3 Å². The molecule has 0 bridgehead atoms. The van der Waals surface area contributed by atoms with E-state index in [9.17, 15) is 0 Å². The van der Waals surface area contributed by atoms with Crippen molar-refractivity contribution in [2.75, 3.05) is 0 Å². The summed E-state index contributed by atoms with van der Waals surface area (Å²) in [6.45, 7) is 38.6. The highest BCUT2D eigenvalue weighted by Crippen LogP contribution is 2.59. The minimum Gasteiger partial charge on any atom is -0.0988 e. The standard InChI is InChI=1S/C43H66Si2/c1-15-37-27-43(28-38(37)16-2)41-25-35(21-23-44(29(3)4,30(5)6)31(7)8)17-19-39(41)40-20-18-36(26-42(40)43)22-24-45(32(9)10,33(11)12)34(13)14/h15-20,25-26,29-34H,1-2,21-24,27-28H2,3-14H3. The van der Waals surface area contributed by atoms with Gasteiger partial charge >= 0.3 is 0 Å². The molecule has 45 heavy (non-hydrogen) atoms. The minimum absolute atomic E-state index is 0.00491. The molecule has 0 saturated carbocycles. The van der Waals surface area contributed by atoms with Crippen LogP contribution in [0.15, 0.2) is 72.9 Å². The average molecular weight is 639 g/mol. The van der Waals surface area contributed by atoms with Crippen molar-refractivity contribution in [2.24, 2.45) is 0 Å². The Hall–Kier alpha value is -1.91. The zero-order valence-electron chi connectivity index (χ0n) is 31.2. The summed E-state index contributed by atoms with van der Waals surface area (Å²) in [6.07, 6.45) is 8.70. The maximum Gasteiger partial charge on any atom is 0.0616 e. The number of fused-ring (bicyclic) bond motifs is 5. The van der Waals surface area contributed by atoms with E-state index in [-0.39, 0.29) is 5.41 Å². The van der Waals surface area contributed by atoms with Gasteiger partial charge in [0.05, 0.1) is 16.1 Å². The number of allylic oxidation sites excluding steroid dienone is 4. The fourth-order valence-corrected chi connectivity index (χ4v) is 24.0. The maximum absolute atomic E-state index is 4.26. The van der Waals surface area contributed by atoms with Crippen LogP contribution in [-0.4, -0.2) is 16.1 Å². The fraction of sp³-hybridized carbons (Fsp3) is 0.581. The summed E-state index contributed by atoms with van der Waals surface area (Å²) in [4.78, 5) is 0. The van der Waals surface area contributed by atoms with Crippen molar-refractivity contribution in [1.82, 2.24) is 0 Å². The second kappa shape index (κ2) is 13.7. The first-order valence-corrected chi connectivity index (χ1v) is 23.2. The molecular weight excluding hydrogens is 573 g/mol. The molecule has 0 saturated heterocycles. The summed E-state index contributed by atoms with van der Waals surface area (Å²) in [6, 6.07) is 17.9. The van der Waals surface area contributed by atoms with Gasteiger partial charge in [-0.2, -0.15) is 0 Å². The van der Waals surface area contributed by atoms with Gasteiger partial charge in [-0.15, -0.1) is 0 Å². The number of rotatable bonds is 14. The van der Waals surface area contributed by atoms with Gasteiger partial charge in [0.1, 0.15) is 0 Å². The normalized spacial score (nSPS) is 16.3. The number of benzene rings is 2. The summed E-state index contributed by atoms with van der Waals surface area (Å²) in [7, 11) is -2.92. The highest BCUT2D eigenvalue weighted by Gasteiger charge is 2.48. The van der Waals surface area contributed by atoms with Crippen LogP contribution in [0.3, 0.4) is 0 Å². The molecule has 0 N–H and O–H groups in total. The average Bonchev–Trinajstić information content (AvgIpc) is 3.48. The highest BCUT2D eigenvalue weighted by molar-refractivity contribution is 6.84. The second-order valence-corrected chi connectivity index (χ2v) is 29.2. The number of aryl methyl sites for hydroxylation is 2. The lowest BCUT2D eigenvalue weighted by Crippen LogP contribution is -2.44. The van der Waals surface area contributed by atoms with Gasteiger partial charge in [-0.3, -0.25) is 0 Å². The van der Waals surface area contributed by atoms with E-state index < -0.39 is 16.1 Å². The molecule has 1 spiro atoms. The lowest BCUT2D eigenvalue weighted by molar-refractivity contribution is 0.561. The predicted octanol–water partition coefficient (Wildman–Crippen LogP) is 13.9. The minimum atomic E-state index is -1.46. The third kappa shape index (κ3) is 6.01.